The van der Waals surface area contributed by atoms with Crippen LogP contribution in [0.15, 0.2) is 10.9 Å². The number of rotatable bonds is 7. The third kappa shape index (κ3) is 3.04. The number of hydrogen-bond donors (Lipinski definition) is 1. The molecule has 0 saturated carbocycles. The number of aliphatic carboxylic acids is 1. The monoisotopic (exact) mass is 241 g/mol. The van der Waals surface area contributed by atoms with E-state index >= 15 is 0 Å². The maximum atomic E-state index is 11.5. The van der Waals surface area contributed by atoms with Crippen molar-refractivity contribution < 1.29 is 9.90 Å². The van der Waals surface area contributed by atoms with Crippen LogP contribution in [0.25, 0.3) is 0 Å². The van der Waals surface area contributed by atoms with Crippen LogP contribution in [0.4, 0.5) is 0 Å². The van der Waals surface area contributed by atoms with Gasteiger partial charge in [-0.1, -0.05) is 26.7 Å². The number of hydrogen-bond acceptors (Lipinski definition) is 3. The largest absolute Gasteiger partial charge is 0.481 e. The minimum Gasteiger partial charge on any atom is -0.481 e. The Labute approximate surface area is 101 Å². The number of carboxylic acids is 1. The number of aromatic nitrogens is 1. The van der Waals surface area contributed by atoms with Crippen molar-refractivity contribution in [1.82, 2.24) is 4.98 Å². The van der Waals surface area contributed by atoms with E-state index in [9.17, 15) is 9.90 Å². The molecule has 90 valence electrons. The van der Waals surface area contributed by atoms with Gasteiger partial charge in [0, 0.05) is 11.8 Å². The summed E-state index contributed by atoms with van der Waals surface area (Å²) < 4.78 is 0. The van der Waals surface area contributed by atoms with Gasteiger partial charge in [-0.2, -0.15) is 0 Å². The molecule has 0 radical (unpaired) electrons. The summed E-state index contributed by atoms with van der Waals surface area (Å²) in [5, 5.41) is 11.4. The van der Waals surface area contributed by atoms with Crippen molar-refractivity contribution in [3.8, 4) is 0 Å². The third-order valence-electron chi connectivity index (χ3n) is 3.14. The van der Waals surface area contributed by atoms with Crippen LogP contribution in [-0.4, -0.2) is 16.1 Å². The number of carbonyl (C=O) groups is 1. The predicted molar refractivity (Wildman–Crippen MR) is 65.7 cm³/mol. The van der Waals surface area contributed by atoms with Gasteiger partial charge in [-0.3, -0.25) is 4.79 Å². The second kappa shape index (κ2) is 5.99. The first kappa shape index (κ1) is 13.2. The normalized spacial score (nSPS) is 14.6. The molecule has 1 N–H and O–H groups in total. The van der Waals surface area contributed by atoms with Crippen molar-refractivity contribution in [2.45, 2.75) is 46.0 Å². The van der Waals surface area contributed by atoms with Crippen molar-refractivity contribution in [3.05, 3.63) is 16.6 Å². The fraction of sp³-hybridized carbons (Fsp3) is 0.667. The van der Waals surface area contributed by atoms with Crippen LogP contribution in [0.3, 0.4) is 0 Å². The summed E-state index contributed by atoms with van der Waals surface area (Å²) in [4.78, 5) is 15.7. The van der Waals surface area contributed by atoms with Gasteiger partial charge >= 0.3 is 5.97 Å². The first-order chi connectivity index (χ1) is 7.64. The van der Waals surface area contributed by atoms with E-state index < -0.39 is 11.4 Å². The number of thiazole rings is 1. The topological polar surface area (TPSA) is 50.2 Å². The highest BCUT2D eigenvalue weighted by atomic mass is 32.1. The molecule has 1 rings (SSSR count). The van der Waals surface area contributed by atoms with Crippen LogP contribution < -0.4 is 0 Å². The summed E-state index contributed by atoms with van der Waals surface area (Å²) in [7, 11) is 0. The van der Waals surface area contributed by atoms with Gasteiger partial charge in [0.2, 0.25) is 0 Å². The third-order valence-corrected chi connectivity index (χ3v) is 3.78. The molecule has 0 aliphatic carbocycles. The fourth-order valence-corrected chi connectivity index (χ4v) is 2.47. The van der Waals surface area contributed by atoms with Crippen molar-refractivity contribution in [3.63, 3.8) is 0 Å². The molecule has 1 aromatic rings. The van der Waals surface area contributed by atoms with E-state index in [1.807, 2.05) is 12.3 Å². The van der Waals surface area contributed by atoms with Crippen molar-refractivity contribution >= 4 is 17.3 Å². The van der Waals surface area contributed by atoms with Crippen LogP contribution in [0.1, 0.15) is 45.2 Å². The first-order valence-electron chi connectivity index (χ1n) is 5.75. The molecule has 0 bridgehead atoms. The highest BCUT2D eigenvalue weighted by molar-refractivity contribution is 7.07. The molecule has 0 amide bonds. The van der Waals surface area contributed by atoms with Crippen LogP contribution in [0.2, 0.25) is 0 Å². The quantitative estimate of drug-likeness (QED) is 0.796. The molecule has 0 saturated heterocycles. The zero-order valence-electron chi connectivity index (χ0n) is 9.90. The van der Waals surface area contributed by atoms with Gasteiger partial charge in [-0.05, 0) is 12.8 Å². The van der Waals surface area contributed by atoms with Crippen molar-refractivity contribution in [1.29, 1.82) is 0 Å². The lowest BCUT2D eigenvalue weighted by molar-refractivity contribution is -0.149. The lowest BCUT2D eigenvalue weighted by Crippen LogP contribution is -2.33. The molecule has 1 unspecified atom stereocenters. The van der Waals surface area contributed by atoms with E-state index in [2.05, 4.69) is 11.9 Å². The second-order valence-electron chi connectivity index (χ2n) is 4.20. The zero-order chi connectivity index (χ0) is 12.0. The lowest BCUT2D eigenvalue weighted by atomic mass is 9.76. The smallest absolute Gasteiger partial charge is 0.310 e. The zero-order valence-corrected chi connectivity index (χ0v) is 10.7. The molecule has 1 heterocycles. The van der Waals surface area contributed by atoms with E-state index in [-0.39, 0.29) is 0 Å². The Kier molecular flexibility index (Phi) is 4.93. The number of nitrogens with zero attached hydrogens (tertiary/aromatic N) is 1. The molecule has 4 heteroatoms. The van der Waals surface area contributed by atoms with E-state index in [1.54, 1.807) is 5.51 Å². The summed E-state index contributed by atoms with van der Waals surface area (Å²) in [6.07, 6.45) is 3.96. The summed E-state index contributed by atoms with van der Waals surface area (Å²) in [6.45, 7) is 4.04. The highest BCUT2D eigenvalue weighted by Crippen LogP contribution is 2.33. The predicted octanol–water partition coefficient (Wildman–Crippen LogP) is 3.36. The fourth-order valence-electron chi connectivity index (χ4n) is 1.91. The van der Waals surface area contributed by atoms with Gasteiger partial charge in [0.05, 0.1) is 16.6 Å². The van der Waals surface area contributed by atoms with Gasteiger partial charge in [-0.25, -0.2) is 4.98 Å². The van der Waals surface area contributed by atoms with Crippen molar-refractivity contribution in [2.75, 3.05) is 0 Å². The molecule has 1 aromatic heterocycles. The second-order valence-corrected chi connectivity index (χ2v) is 4.92. The van der Waals surface area contributed by atoms with Gasteiger partial charge in [0.25, 0.3) is 0 Å². The van der Waals surface area contributed by atoms with Crippen LogP contribution in [0.5, 0.6) is 0 Å². The Balaban J connectivity index is 2.80. The Hall–Kier alpha value is -0.900. The molecule has 0 aromatic carbocycles. The summed E-state index contributed by atoms with van der Waals surface area (Å²) in [6, 6.07) is 0. The Morgan fingerprint density at radius 1 is 1.56 bits per heavy atom. The van der Waals surface area contributed by atoms with E-state index in [0.717, 1.165) is 25.0 Å². The first-order valence-corrected chi connectivity index (χ1v) is 6.69. The van der Waals surface area contributed by atoms with Gasteiger partial charge in [-0.15, -0.1) is 11.3 Å². The molecule has 0 aliphatic rings. The van der Waals surface area contributed by atoms with Crippen LogP contribution >= 0.6 is 11.3 Å². The van der Waals surface area contributed by atoms with Crippen molar-refractivity contribution in [2.24, 2.45) is 5.41 Å². The minimum absolute atomic E-state index is 0.558. The lowest BCUT2D eigenvalue weighted by Gasteiger charge is -2.27. The van der Waals surface area contributed by atoms with E-state index in [1.165, 1.54) is 11.3 Å². The molecular formula is C12H19NO2S. The van der Waals surface area contributed by atoms with Gasteiger partial charge < -0.3 is 5.11 Å². The molecule has 3 nitrogen and oxygen atoms in total. The molecule has 16 heavy (non-hydrogen) atoms. The van der Waals surface area contributed by atoms with Crippen LogP contribution in [0, 0.1) is 5.41 Å². The average Bonchev–Trinajstić information content (AvgIpc) is 2.76. The SMILES string of the molecule is CCCCC(CC)(Cc1cscn1)C(=O)O. The highest BCUT2D eigenvalue weighted by Gasteiger charge is 2.36. The minimum atomic E-state index is -0.684. The average molecular weight is 241 g/mol. The number of unbranched alkanes of at least 4 members (excludes halogenated alkanes) is 1. The molecule has 1 atom stereocenters. The summed E-state index contributed by atoms with van der Waals surface area (Å²) in [5.41, 5.74) is 2.05. The van der Waals surface area contributed by atoms with E-state index in [0.29, 0.717) is 12.8 Å². The summed E-state index contributed by atoms with van der Waals surface area (Å²) >= 11 is 1.52. The molecule has 0 fully saturated rings. The van der Waals surface area contributed by atoms with Gasteiger partial charge in [0.1, 0.15) is 0 Å². The summed E-state index contributed by atoms with van der Waals surface area (Å²) in [5.74, 6) is -0.684. The Morgan fingerprint density at radius 2 is 2.31 bits per heavy atom. The molecular weight excluding hydrogens is 222 g/mol. The Bertz CT molecular complexity index is 324. The molecule has 0 aliphatic heterocycles. The Morgan fingerprint density at radius 3 is 2.75 bits per heavy atom. The maximum absolute atomic E-state index is 11.5. The maximum Gasteiger partial charge on any atom is 0.310 e. The van der Waals surface area contributed by atoms with Gasteiger partial charge in [0.15, 0.2) is 0 Å². The van der Waals surface area contributed by atoms with E-state index in [4.69, 9.17) is 0 Å². The number of carboxylic acid groups (broad SMARTS) is 1. The van der Waals surface area contributed by atoms with Crippen LogP contribution in [-0.2, 0) is 11.2 Å². The molecule has 0 spiro atoms. The standard InChI is InChI=1S/C12H19NO2S/c1-3-5-6-12(4-2,11(14)15)7-10-8-16-9-13-10/h8-9H,3-7H2,1-2H3,(H,14,15).